The summed E-state index contributed by atoms with van der Waals surface area (Å²) >= 11 is 0. The smallest absolute Gasteiger partial charge is 0.416 e. The van der Waals surface area contributed by atoms with Crippen molar-refractivity contribution in [3.8, 4) is 23.0 Å². The Morgan fingerprint density at radius 1 is 1.03 bits per heavy atom. The fourth-order valence-electron chi connectivity index (χ4n) is 3.40. The molecular weight excluding hydrogens is 445 g/mol. The molecular formula is C25H21F3N4O2. The molecule has 2 aromatic carbocycles. The van der Waals surface area contributed by atoms with Gasteiger partial charge in [0.05, 0.1) is 5.56 Å². The van der Waals surface area contributed by atoms with E-state index in [0.717, 1.165) is 11.6 Å². The molecule has 9 heteroatoms. The number of aromatic amines is 1. The van der Waals surface area contributed by atoms with Crippen LogP contribution in [0.25, 0.3) is 11.5 Å². The lowest BCUT2D eigenvalue weighted by atomic mass is 10.1. The summed E-state index contributed by atoms with van der Waals surface area (Å²) in [4.78, 5) is 23.7. The summed E-state index contributed by atoms with van der Waals surface area (Å²) in [6.45, 7) is 1.38. The molecule has 0 spiro atoms. The summed E-state index contributed by atoms with van der Waals surface area (Å²) in [6, 6.07) is 14.5. The number of ether oxygens (including phenoxy) is 1. The number of hydrogen-bond donors (Lipinski definition) is 2. The Balaban J connectivity index is 1.37. The van der Waals surface area contributed by atoms with E-state index < -0.39 is 11.7 Å². The number of alkyl halides is 3. The first-order valence-electron chi connectivity index (χ1n) is 10.5. The predicted molar refractivity (Wildman–Crippen MR) is 121 cm³/mol. The Labute approximate surface area is 193 Å². The van der Waals surface area contributed by atoms with Crippen LogP contribution in [-0.4, -0.2) is 20.9 Å². The predicted octanol–water partition coefficient (Wildman–Crippen LogP) is 6.16. The van der Waals surface area contributed by atoms with Crippen molar-refractivity contribution >= 4 is 11.6 Å². The molecule has 0 saturated carbocycles. The van der Waals surface area contributed by atoms with Crippen LogP contribution in [0.4, 0.5) is 18.9 Å². The highest BCUT2D eigenvalue weighted by Crippen LogP contribution is 2.33. The molecule has 0 atom stereocenters. The monoisotopic (exact) mass is 466 g/mol. The number of carbonyl (C=O) groups excluding carboxylic acids is 1. The van der Waals surface area contributed by atoms with Crippen LogP contribution in [0.2, 0.25) is 0 Å². The zero-order valence-corrected chi connectivity index (χ0v) is 18.2. The SMILES string of the molecule is Cc1ccc(NC(=O)CCc2cccc(Oc3ccnc(-c4ncc[nH]4)c3)c2)cc1C(F)(F)F. The summed E-state index contributed by atoms with van der Waals surface area (Å²) in [5.74, 6) is 1.42. The summed E-state index contributed by atoms with van der Waals surface area (Å²) in [5, 5.41) is 2.54. The molecule has 2 N–H and O–H groups in total. The minimum atomic E-state index is -4.47. The van der Waals surface area contributed by atoms with Crippen LogP contribution in [0.3, 0.4) is 0 Å². The molecule has 0 aliphatic carbocycles. The molecule has 0 saturated heterocycles. The second kappa shape index (κ2) is 9.78. The number of aromatic nitrogens is 3. The third-order valence-corrected chi connectivity index (χ3v) is 5.07. The van der Waals surface area contributed by atoms with E-state index in [1.807, 2.05) is 18.2 Å². The number of anilines is 1. The highest BCUT2D eigenvalue weighted by atomic mass is 19.4. The maximum Gasteiger partial charge on any atom is 0.416 e. The Morgan fingerprint density at radius 2 is 1.85 bits per heavy atom. The molecule has 0 radical (unpaired) electrons. The first kappa shape index (κ1) is 23.0. The second-order valence-corrected chi connectivity index (χ2v) is 7.64. The molecule has 0 bridgehead atoms. The van der Waals surface area contributed by atoms with Gasteiger partial charge in [-0.05, 0) is 54.8 Å². The lowest BCUT2D eigenvalue weighted by Crippen LogP contribution is -2.14. The standard InChI is InChI=1S/C25H21F3N4O2/c1-16-5-7-18(14-21(16)25(26,27)28)32-23(33)8-6-17-3-2-4-19(13-17)34-20-9-10-29-22(15-20)24-30-11-12-31-24/h2-5,7,9-15H,6,8H2,1H3,(H,30,31)(H,32,33). The Kier molecular flexibility index (Phi) is 6.62. The van der Waals surface area contributed by atoms with Gasteiger partial charge in [0.25, 0.3) is 0 Å². The first-order valence-corrected chi connectivity index (χ1v) is 10.5. The number of amides is 1. The number of aryl methyl sites for hydroxylation is 2. The van der Waals surface area contributed by atoms with Crippen molar-refractivity contribution in [2.75, 3.05) is 5.32 Å². The number of hydrogen-bond acceptors (Lipinski definition) is 4. The minimum absolute atomic E-state index is 0.104. The summed E-state index contributed by atoms with van der Waals surface area (Å²) in [5.41, 5.74) is 0.951. The molecule has 4 aromatic rings. The van der Waals surface area contributed by atoms with E-state index in [0.29, 0.717) is 29.4 Å². The van der Waals surface area contributed by atoms with E-state index in [1.54, 1.807) is 36.8 Å². The van der Waals surface area contributed by atoms with Gasteiger partial charge in [-0.25, -0.2) is 4.98 Å². The third kappa shape index (κ3) is 5.80. The molecule has 34 heavy (non-hydrogen) atoms. The van der Waals surface area contributed by atoms with Crippen molar-refractivity contribution in [1.82, 2.24) is 15.0 Å². The lowest BCUT2D eigenvalue weighted by Gasteiger charge is -2.13. The normalized spacial score (nSPS) is 11.3. The van der Waals surface area contributed by atoms with Crippen molar-refractivity contribution in [2.45, 2.75) is 25.9 Å². The van der Waals surface area contributed by atoms with E-state index >= 15 is 0 Å². The number of pyridine rings is 1. The number of benzene rings is 2. The van der Waals surface area contributed by atoms with Gasteiger partial charge in [-0.2, -0.15) is 13.2 Å². The van der Waals surface area contributed by atoms with E-state index in [-0.39, 0.29) is 23.6 Å². The van der Waals surface area contributed by atoms with Crippen LogP contribution < -0.4 is 10.1 Å². The van der Waals surface area contributed by atoms with E-state index in [9.17, 15) is 18.0 Å². The number of carbonyl (C=O) groups is 1. The second-order valence-electron chi connectivity index (χ2n) is 7.64. The fraction of sp³-hybridized carbons (Fsp3) is 0.160. The number of imidazole rings is 1. The Bertz CT molecular complexity index is 1290. The third-order valence-electron chi connectivity index (χ3n) is 5.07. The van der Waals surface area contributed by atoms with Gasteiger partial charge >= 0.3 is 6.18 Å². The number of nitrogens with zero attached hydrogens (tertiary/aromatic N) is 2. The molecule has 0 aliphatic heterocycles. The molecule has 0 fully saturated rings. The van der Waals surface area contributed by atoms with Crippen molar-refractivity contribution < 1.29 is 22.7 Å². The van der Waals surface area contributed by atoms with E-state index in [4.69, 9.17) is 4.74 Å². The van der Waals surface area contributed by atoms with Gasteiger partial charge < -0.3 is 15.0 Å². The van der Waals surface area contributed by atoms with Crippen LogP contribution in [0, 0.1) is 6.92 Å². The summed E-state index contributed by atoms with van der Waals surface area (Å²) in [6.07, 6.45) is 0.998. The molecule has 0 aliphatic rings. The number of H-pyrrole nitrogens is 1. The Hall–Kier alpha value is -4.14. The zero-order chi connectivity index (χ0) is 24.1. The molecule has 2 aromatic heterocycles. The maximum atomic E-state index is 13.1. The number of rotatable bonds is 7. The Morgan fingerprint density at radius 3 is 2.62 bits per heavy atom. The highest BCUT2D eigenvalue weighted by Gasteiger charge is 2.32. The van der Waals surface area contributed by atoms with Crippen molar-refractivity contribution in [2.24, 2.45) is 0 Å². The molecule has 6 nitrogen and oxygen atoms in total. The minimum Gasteiger partial charge on any atom is -0.457 e. The van der Waals surface area contributed by atoms with Gasteiger partial charge in [0.2, 0.25) is 5.91 Å². The first-order chi connectivity index (χ1) is 16.3. The topological polar surface area (TPSA) is 79.9 Å². The van der Waals surface area contributed by atoms with Crippen molar-refractivity contribution in [1.29, 1.82) is 0 Å². The van der Waals surface area contributed by atoms with Crippen LogP contribution in [-0.2, 0) is 17.4 Å². The highest BCUT2D eigenvalue weighted by molar-refractivity contribution is 5.91. The van der Waals surface area contributed by atoms with Gasteiger partial charge in [0, 0.05) is 36.8 Å². The van der Waals surface area contributed by atoms with Gasteiger partial charge in [0.15, 0.2) is 5.82 Å². The molecule has 4 rings (SSSR count). The van der Waals surface area contributed by atoms with Gasteiger partial charge in [-0.3, -0.25) is 9.78 Å². The lowest BCUT2D eigenvalue weighted by molar-refractivity contribution is -0.138. The molecule has 1 amide bonds. The van der Waals surface area contributed by atoms with Crippen LogP contribution in [0.5, 0.6) is 11.5 Å². The van der Waals surface area contributed by atoms with Crippen molar-refractivity contribution in [3.05, 3.63) is 89.9 Å². The fourth-order valence-corrected chi connectivity index (χ4v) is 3.40. The van der Waals surface area contributed by atoms with Gasteiger partial charge in [-0.1, -0.05) is 18.2 Å². The average Bonchev–Trinajstić information content (AvgIpc) is 3.34. The maximum absolute atomic E-state index is 13.1. The van der Waals surface area contributed by atoms with Gasteiger partial charge in [0.1, 0.15) is 17.2 Å². The number of halogens is 3. The van der Waals surface area contributed by atoms with Crippen molar-refractivity contribution in [3.63, 3.8) is 0 Å². The van der Waals surface area contributed by atoms with E-state index in [1.165, 1.54) is 19.1 Å². The van der Waals surface area contributed by atoms with E-state index in [2.05, 4.69) is 20.3 Å². The summed E-state index contributed by atoms with van der Waals surface area (Å²) in [7, 11) is 0. The average molecular weight is 466 g/mol. The quantitative estimate of drug-likeness (QED) is 0.342. The van der Waals surface area contributed by atoms with Crippen LogP contribution >= 0.6 is 0 Å². The van der Waals surface area contributed by atoms with Gasteiger partial charge in [-0.15, -0.1) is 0 Å². The largest absolute Gasteiger partial charge is 0.457 e. The number of nitrogens with one attached hydrogen (secondary N) is 2. The summed E-state index contributed by atoms with van der Waals surface area (Å²) < 4.78 is 45.2. The zero-order valence-electron chi connectivity index (χ0n) is 18.2. The van der Waals surface area contributed by atoms with Crippen LogP contribution in [0.15, 0.2) is 73.2 Å². The molecule has 2 heterocycles. The molecule has 174 valence electrons. The van der Waals surface area contributed by atoms with Crippen LogP contribution in [0.1, 0.15) is 23.1 Å². The molecule has 0 unspecified atom stereocenters.